The van der Waals surface area contributed by atoms with Crippen molar-refractivity contribution in [3.8, 4) is 11.6 Å². The second kappa shape index (κ2) is 4.71. The summed E-state index contributed by atoms with van der Waals surface area (Å²) in [6.07, 6.45) is -9.97. The van der Waals surface area contributed by atoms with Crippen LogP contribution < -0.4 is 4.74 Å². The first-order chi connectivity index (χ1) is 8.06. The van der Waals surface area contributed by atoms with Crippen molar-refractivity contribution in [2.75, 3.05) is 0 Å². The van der Waals surface area contributed by atoms with Gasteiger partial charge in [0.25, 0.3) is 5.88 Å². The Balaban J connectivity index is 3.29. The average molecular weight is 296 g/mol. The van der Waals surface area contributed by atoms with E-state index >= 15 is 0 Å². The summed E-state index contributed by atoms with van der Waals surface area (Å²) in [7, 11) is 0. The Hall–Kier alpha value is -1.38. The maximum absolute atomic E-state index is 12.4. The number of hydrogen-bond donors (Lipinski definition) is 1. The molecule has 18 heavy (non-hydrogen) atoms. The molecule has 0 atom stereocenters. The third-order valence-electron chi connectivity index (χ3n) is 1.78. The van der Waals surface area contributed by atoms with Crippen molar-refractivity contribution in [3.05, 3.63) is 17.3 Å². The molecule has 0 aromatic carbocycles. The molecule has 102 valence electrons. The molecule has 1 aromatic heterocycles. The summed E-state index contributed by atoms with van der Waals surface area (Å²) >= 11 is 5.16. The van der Waals surface area contributed by atoms with Gasteiger partial charge in [0, 0.05) is 11.8 Å². The number of aromatic hydroxyl groups is 1. The van der Waals surface area contributed by atoms with E-state index in [1.54, 1.807) is 0 Å². The molecule has 0 aliphatic rings. The second-order valence-corrected chi connectivity index (χ2v) is 3.25. The predicted octanol–water partition coefficient (Wildman–Crippen LogP) is 3.44. The number of alkyl halides is 7. The van der Waals surface area contributed by atoms with E-state index in [-0.39, 0.29) is 6.20 Å². The average Bonchev–Trinajstić information content (AvgIpc) is 2.17. The Kier molecular flexibility index (Phi) is 3.84. The summed E-state index contributed by atoms with van der Waals surface area (Å²) < 4.78 is 76.1. The fourth-order valence-corrected chi connectivity index (χ4v) is 1.35. The van der Waals surface area contributed by atoms with Crippen molar-refractivity contribution in [2.45, 2.75) is 18.4 Å². The highest BCUT2D eigenvalue weighted by Crippen LogP contribution is 2.40. The molecular weight excluding hydrogens is 292 g/mol. The van der Waals surface area contributed by atoms with Gasteiger partial charge in [0.2, 0.25) is 0 Å². The van der Waals surface area contributed by atoms with E-state index in [4.69, 9.17) is 11.6 Å². The second-order valence-electron chi connectivity index (χ2n) is 2.98. The van der Waals surface area contributed by atoms with E-state index in [1.807, 2.05) is 0 Å². The van der Waals surface area contributed by atoms with Crippen molar-refractivity contribution in [2.24, 2.45) is 0 Å². The topological polar surface area (TPSA) is 42.4 Å². The molecule has 0 radical (unpaired) electrons. The zero-order chi connectivity index (χ0) is 14.1. The smallest absolute Gasteiger partial charge is 0.503 e. The molecule has 0 unspecified atom stereocenters. The van der Waals surface area contributed by atoms with Gasteiger partial charge in [0.1, 0.15) is 0 Å². The minimum Gasteiger partial charge on any atom is -0.503 e. The van der Waals surface area contributed by atoms with Crippen LogP contribution in [0.1, 0.15) is 11.1 Å². The van der Waals surface area contributed by atoms with E-state index in [9.17, 15) is 31.4 Å². The van der Waals surface area contributed by atoms with Gasteiger partial charge < -0.3 is 9.84 Å². The number of ether oxygens (including phenoxy) is 1. The molecule has 0 amide bonds. The summed E-state index contributed by atoms with van der Waals surface area (Å²) in [5.74, 6) is -3.62. The van der Waals surface area contributed by atoms with Crippen LogP contribution in [0.3, 0.4) is 0 Å². The highest BCUT2D eigenvalue weighted by Gasteiger charge is 2.38. The summed E-state index contributed by atoms with van der Waals surface area (Å²) in [6.45, 7) is 0. The molecule has 1 aromatic rings. The predicted molar refractivity (Wildman–Crippen MR) is 47.1 cm³/mol. The molecule has 10 heteroatoms. The van der Waals surface area contributed by atoms with Gasteiger partial charge in [0.05, 0.1) is 11.4 Å². The minimum atomic E-state index is -5.19. The van der Waals surface area contributed by atoms with Crippen LogP contribution in [0, 0.1) is 0 Å². The van der Waals surface area contributed by atoms with Gasteiger partial charge in [-0.3, -0.25) is 0 Å². The lowest BCUT2D eigenvalue weighted by Crippen LogP contribution is -2.19. The lowest BCUT2D eigenvalue weighted by Gasteiger charge is -2.15. The molecule has 1 heterocycles. The maximum Gasteiger partial charge on any atom is 0.574 e. The zero-order valence-electron chi connectivity index (χ0n) is 8.23. The molecule has 0 aliphatic heterocycles. The monoisotopic (exact) mass is 295 g/mol. The standard InChI is InChI=1S/C8H4ClF6NO2/c9-1-3-4(7(10,11)12)2-16-6(5(3)17)18-8(13,14)15/h2,17H,1H2. The molecule has 0 bridgehead atoms. The first-order valence-corrected chi connectivity index (χ1v) is 4.69. The van der Waals surface area contributed by atoms with E-state index in [1.165, 1.54) is 0 Å². The Morgan fingerprint density at radius 2 is 1.78 bits per heavy atom. The number of halogens is 7. The fourth-order valence-electron chi connectivity index (χ4n) is 1.08. The molecule has 1 rings (SSSR count). The van der Waals surface area contributed by atoms with Crippen molar-refractivity contribution < 1.29 is 36.2 Å². The Morgan fingerprint density at radius 3 is 2.17 bits per heavy atom. The van der Waals surface area contributed by atoms with E-state index in [2.05, 4.69) is 9.72 Å². The van der Waals surface area contributed by atoms with Crippen LogP contribution in [-0.4, -0.2) is 16.5 Å². The minimum absolute atomic E-state index is 0.110. The highest BCUT2D eigenvalue weighted by molar-refractivity contribution is 6.17. The number of aromatic nitrogens is 1. The largest absolute Gasteiger partial charge is 0.574 e. The number of hydrogen-bond acceptors (Lipinski definition) is 3. The third-order valence-corrected chi connectivity index (χ3v) is 2.04. The highest BCUT2D eigenvalue weighted by atomic mass is 35.5. The van der Waals surface area contributed by atoms with Gasteiger partial charge in [-0.15, -0.1) is 24.8 Å². The van der Waals surface area contributed by atoms with E-state index in [0.717, 1.165) is 0 Å². The SMILES string of the molecule is Oc1c(OC(F)(F)F)ncc(C(F)(F)F)c1CCl. The maximum atomic E-state index is 12.4. The first kappa shape index (κ1) is 14.7. The molecule has 0 saturated heterocycles. The molecule has 1 N–H and O–H groups in total. The Morgan fingerprint density at radius 1 is 1.22 bits per heavy atom. The summed E-state index contributed by atoms with van der Waals surface area (Å²) in [5, 5.41) is 9.22. The van der Waals surface area contributed by atoms with Gasteiger partial charge in [0.15, 0.2) is 5.75 Å². The van der Waals surface area contributed by atoms with Crippen molar-refractivity contribution in [1.29, 1.82) is 0 Å². The van der Waals surface area contributed by atoms with Crippen LogP contribution >= 0.6 is 11.6 Å². The number of pyridine rings is 1. The van der Waals surface area contributed by atoms with Crippen molar-refractivity contribution in [3.63, 3.8) is 0 Å². The van der Waals surface area contributed by atoms with Crippen LogP contribution in [0.4, 0.5) is 26.3 Å². The van der Waals surface area contributed by atoms with Crippen molar-refractivity contribution in [1.82, 2.24) is 4.98 Å². The third kappa shape index (κ3) is 3.31. The van der Waals surface area contributed by atoms with E-state index < -0.39 is 41.2 Å². The van der Waals surface area contributed by atoms with Gasteiger partial charge >= 0.3 is 12.5 Å². The van der Waals surface area contributed by atoms with Gasteiger partial charge in [-0.05, 0) is 0 Å². The van der Waals surface area contributed by atoms with Crippen LogP contribution in [0.15, 0.2) is 6.20 Å². The van der Waals surface area contributed by atoms with Crippen LogP contribution in [0.2, 0.25) is 0 Å². The van der Waals surface area contributed by atoms with Crippen LogP contribution in [0.5, 0.6) is 11.6 Å². The normalized spacial score (nSPS) is 12.6. The molecule has 0 spiro atoms. The molecule has 3 nitrogen and oxygen atoms in total. The first-order valence-electron chi connectivity index (χ1n) is 4.16. The summed E-state index contributed by atoms with van der Waals surface area (Å²) in [5.41, 5.74) is -2.36. The Labute approximate surface area is 101 Å². The van der Waals surface area contributed by atoms with Crippen LogP contribution in [0.25, 0.3) is 0 Å². The zero-order valence-corrected chi connectivity index (χ0v) is 8.99. The van der Waals surface area contributed by atoms with Gasteiger partial charge in [-0.1, -0.05) is 0 Å². The molecule has 0 aliphatic carbocycles. The lowest BCUT2D eigenvalue weighted by molar-refractivity contribution is -0.276. The number of nitrogens with zero attached hydrogens (tertiary/aromatic N) is 1. The van der Waals surface area contributed by atoms with Gasteiger partial charge in [-0.2, -0.15) is 13.2 Å². The quantitative estimate of drug-likeness (QED) is 0.671. The molecule has 0 saturated carbocycles. The molecular formula is C8H4ClF6NO2. The van der Waals surface area contributed by atoms with E-state index in [0.29, 0.717) is 0 Å². The number of rotatable bonds is 2. The Bertz CT molecular complexity index is 444. The van der Waals surface area contributed by atoms with Crippen LogP contribution in [-0.2, 0) is 12.1 Å². The molecule has 0 fully saturated rings. The van der Waals surface area contributed by atoms with Gasteiger partial charge in [-0.25, -0.2) is 4.98 Å². The summed E-state index contributed by atoms with van der Waals surface area (Å²) in [4.78, 5) is 2.77. The lowest BCUT2D eigenvalue weighted by atomic mass is 10.1. The summed E-state index contributed by atoms with van der Waals surface area (Å²) in [6, 6.07) is 0. The fraction of sp³-hybridized carbons (Fsp3) is 0.375. The van der Waals surface area contributed by atoms with Crippen molar-refractivity contribution >= 4 is 11.6 Å².